The molecule has 6 aromatic rings. The Labute approximate surface area is 192 Å². The molecule has 0 aliphatic rings. The van der Waals surface area contributed by atoms with E-state index in [9.17, 15) is 0 Å². The second-order valence-electron chi connectivity index (χ2n) is 7.99. The van der Waals surface area contributed by atoms with Gasteiger partial charge in [-0.1, -0.05) is 60.7 Å². The predicted octanol–water partition coefficient (Wildman–Crippen LogP) is 7.92. The first-order valence-electron chi connectivity index (χ1n) is 11.0. The Morgan fingerprint density at radius 3 is 1.91 bits per heavy atom. The lowest BCUT2D eigenvalue weighted by Gasteiger charge is -2.24. The number of pyridine rings is 2. The van der Waals surface area contributed by atoms with Gasteiger partial charge in [0.25, 0.3) is 0 Å². The van der Waals surface area contributed by atoms with Gasteiger partial charge in [-0.2, -0.15) is 0 Å². The maximum atomic E-state index is 5.09. The van der Waals surface area contributed by atoms with Gasteiger partial charge in [0.15, 0.2) is 0 Å². The van der Waals surface area contributed by atoms with Crippen LogP contribution in [-0.2, 0) is 0 Å². The maximum Gasteiger partial charge on any atom is 0.138 e. The number of aromatic nitrogens is 2. The van der Waals surface area contributed by atoms with E-state index in [1.807, 2.05) is 24.4 Å². The first kappa shape index (κ1) is 19.2. The van der Waals surface area contributed by atoms with E-state index in [-0.39, 0.29) is 0 Å². The van der Waals surface area contributed by atoms with E-state index in [0.29, 0.717) is 0 Å². The minimum Gasteiger partial charge on any atom is -0.295 e. The topological polar surface area (TPSA) is 29.0 Å². The van der Waals surface area contributed by atoms with Gasteiger partial charge in [0.1, 0.15) is 5.82 Å². The number of fused-ring (bicyclic) bond motifs is 2. The maximum absolute atomic E-state index is 5.09. The van der Waals surface area contributed by atoms with Gasteiger partial charge in [-0.3, -0.25) is 9.88 Å². The fraction of sp³-hybridized carbons (Fsp3) is 0. The summed E-state index contributed by atoms with van der Waals surface area (Å²) in [5.74, 6) is 0.889. The zero-order chi connectivity index (χ0) is 22.0. The van der Waals surface area contributed by atoms with Crippen molar-refractivity contribution in [2.24, 2.45) is 0 Å². The summed E-state index contributed by atoms with van der Waals surface area (Å²) >= 11 is 0. The van der Waals surface area contributed by atoms with Crippen molar-refractivity contribution in [3.63, 3.8) is 0 Å². The van der Waals surface area contributed by atoms with E-state index >= 15 is 0 Å². The minimum absolute atomic E-state index is 0.889. The van der Waals surface area contributed by atoms with E-state index < -0.39 is 0 Å². The number of hydrogen-bond acceptors (Lipinski definition) is 3. The molecule has 3 nitrogen and oxygen atoms in total. The lowest BCUT2D eigenvalue weighted by molar-refractivity contribution is 1.21. The first-order valence-corrected chi connectivity index (χ1v) is 11.0. The molecule has 0 N–H and O–H groups in total. The Morgan fingerprint density at radius 1 is 0.485 bits per heavy atom. The third-order valence-corrected chi connectivity index (χ3v) is 5.87. The van der Waals surface area contributed by atoms with Crippen molar-refractivity contribution in [1.82, 2.24) is 9.97 Å². The van der Waals surface area contributed by atoms with Crippen LogP contribution in [-0.4, -0.2) is 9.97 Å². The van der Waals surface area contributed by atoms with Crippen molar-refractivity contribution in [1.29, 1.82) is 0 Å². The highest BCUT2D eigenvalue weighted by atomic mass is 15.2. The number of anilines is 3. The lowest BCUT2D eigenvalue weighted by Crippen LogP contribution is -2.11. The quantitative estimate of drug-likeness (QED) is 0.288. The number of nitrogens with zero attached hydrogens (tertiary/aromatic N) is 3. The smallest absolute Gasteiger partial charge is 0.138 e. The average molecular weight is 424 g/mol. The molecule has 0 aliphatic heterocycles. The molecule has 0 unspecified atom stereocenters. The standard InChI is InChI=1S/C30H21N3/c1-3-9-26(10-4-1)33(27-11-5-2-6-12-27)30-18-16-22-13-14-24(21-29(22)32-30)23-15-17-28-25(20-23)8-7-19-31-28/h1-21H. The van der Waals surface area contributed by atoms with Crippen LogP contribution in [0.4, 0.5) is 17.2 Å². The molecule has 6 rings (SSSR count). The summed E-state index contributed by atoms with van der Waals surface area (Å²) in [6, 6.07) is 41.9. The summed E-state index contributed by atoms with van der Waals surface area (Å²) in [6.45, 7) is 0. The van der Waals surface area contributed by atoms with Crippen LogP contribution in [0.2, 0.25) is 0 Å². The summed E-state index contributed by atoms with van der Waals surface area (Å²) in [7, 11) is 0. The Bertz CT molecular complexity index is 1520. The molecule has 156 valence electrons. The second kappa shape index (κ2) is 8.21. The average Bonchev–Trinajstić information content (AvgIpc) is 2.89. The Kier molecular flexibility index (Phi) is 4.78. The zero-order valence-corrected chi connectivity index (χ0v) is 18.0. The van der Waals surface area contributed by atoms with E-state index in [1.165, 1.54) is 0 Å². The van der Waals surface area contributed by atoms with E-state index in [1.54, 1.807) is 0 Å². The van der Waals surface area contributed by atoms with Gasteiger partial charge in [0.05, 0.1) is 11.0 Å². The molecule has 0 radical (unpaired) electrons. The molecule has 0 saturated heterocycles. The van der Waals surface area contributed by atoms with Crippen molar-refractivity contribution < 1.29 is 0 Å². The number of rotatable bonds is 4. The van der Waals surface area contributed by atoms with Crippen molar-refractivity contribution >= 4 is 39.0 Å². The van der Waals surface area contributed by atoms with Crippen molar-refractivity contribution in [3.8, 4) is 11.1 Å². The van der Waals surface area contributed by atoms with Crippen LogP contribution in [0, 0.1) is 0 Å². The van der Waals surface area contributed by atoms with Crippen molar-refractivity contribution in [2.75, 3.05) is 4.90 Å². The molecule has 2 aromatic heterocycles. The second-order valence-corrected chi connectivity index (χ2v) is 7.99. The van der Waals surface area contributed by atoms with Crippen LogP contribution in [0.15, 0.2) is 128 Å². The largest absolute Gasteiger partial charge is 0.295 e. The molecule has 0 bridgehead atoms. The molecule has 0 saturated carbocycles. The molecule has 0 amide bonds. The molecule has 33 heavy (non-hydrogen) atoms. The van der Waals surface area contributed by atoms with Crippen LogP contribution in [0.25, 0.3) is 32.9 Å². The predicted molar refractivity (Wildman–Crippen MR) is 137 cm³/mol. The number of benzene rings is 4. The first-order chi connectivity index (χ1) is 16.3. The van der Waals surface area contributed by atoms with Crippen LogP contribution < -0.4 is 4.90 Å². The number of hydrogen-bond donors (Lipinski definition) is 0. The Hall–Kier alpha value is -4.50. The molecule has 4 aromatic carbocycles. The van der Waals surface area contributed by atoms with E-state index in [4.69, 9.17) is 4.98 Å². The van der Waals surface area contributed by atoms with Gasteiger partial charge in [-0.25, -0.2) is 4.98 Å². The molecule has 0 aliphatic carbocycles. The molecule has 0 fully saturated rings. The summed E-state index contributed by atoms with van der Waals surface area (Å²) < 4.78 is 0. The SMILES string of the molecule is c1ccc(N(c2ccccc2)c2ccc3ccc(-c4ccc5ncccc5c4)cc3n2)cc1. The fourth-order valence-electron chi connectivity index (χ4n) is 4.23. The van der Waals surface area contributed by atoms with Gasteiger partial charge >= 0.3 is 0 Å². The molecular weight excluding hydrogens is 402 g/mol. The Balaban J connectivity index is 1.47. The fourth-order valence-corrected chi connectivity index (χ4v) is 4.23. The highest BCUT2D eigenvalue weighted by molar-refractivity contribution is 5.90. The van der Waals surface area contributed by atoms with Gasteiger partial charge < -0.3 is 0 Å². The van der Waals surface area contributed by atoms with Crippen LogP contribution in [0.1, 0.15) is 0 Å². The number of para-hydroxylation sites is 2. The third-order valence-electron chi connectivity index (χ3n) is 5.87. The minimum atomic E-state index is 0.889. The highest BCUT2D eigenvalue weighted by Gasteiger charge is 2.14. The monoisotopic (exact) mass is 423 g/mol. The lowest BCUT2D eigenvalue weighted by atomic mass is 10.0. The van der Waals surface area contributed by atoms with Crippen LogP contribution in [0.5, 0.6) is 0 Å². The normalized spacial score (nSPS) is 11.0. The van der Waals surface area contributed by atoms with E-state index in [2.05, 4.69) is 113 Å². The summed E-state index contributed by atoms with van der Waals surface area (Å²) in [5, 5.41) is 2.25. The van der Waals surface area contributed by atoms with Crippen LogP contribution >= 0.6 is 0 Å². The molecule has 3 heteroatoms. The molecule has 2 heterocycles. The van der Waals surface area contributed by atoms with Gasteiger partial charge in [0, 0.05) is 28.3 Å². The summed E-state index contributed by atoms with van der Waals surface area (Å²) in [4.78, 5) is 11.7. The van der Waals surface area contributed by atoms with Crippen molar-refractivity contribution in [2.45, 2.75) is 0 Å². The van der Waals surface area contributed by atoms with Gasteiger partial charge in [0.2, 0.25) is 0 Å². The van der Waals surface area contributed by atoms with Gasteiger partial charge in [-0.05, 0) is 71.8 Å². The van der Waals surface area contributed by atoms with E-state index in [0.717, 1.165) is 50.1 Å². The van der Waals surface area contributed by atoms with Crippen LogP contribution in [0.3, 0.4) is 0 Å². The molecular formula is C30H21N3. The molecule has 0 spiro atoms. The van der Waals surface area contributed by atoms with Gasteiger partial charge in [-0.15, -0.1) is 0 Å². The summed E-state index contributed by atoms with van der Waals surface area (Å²) in [6.07, 6.45) is 1.83. The summed E-state index contributed by atoms with van der Waals surface area (Å²) in [5.41, 5.74) is 6.43. The van der Waals surface area contributed by atoms with Crippen molar-refractivity contribution in [3.05, 3.63) is 128 Å². The third kappa shape index (κ3) is 3.70. The Morgan fingerprint density at radius 2 is 1.15 bits per heavy atom. The zero-order valence-electron chi connectivity index (χ0n) is 18.0. The highest BCUT2D eigenvalue weighted by Crippen LogP contribution is 2.34. The molecule has 0 atom stereocenters.